The van der Waals surface area contributed by atoms with Gasteiger partial charge in [-0.05, 0) is 17.5 Å². The predicted molar refractivity (Wildman–Crippen MR) is 79.0 cm³/mol. The number of hydrogen-bond donors (Lipinski definition) is 1. The van der Waals surface area contributed by atoms with Crippen molar-refractivity contribution in [2.24, 2.45) is 5.41 Å². The van der Waals surface area contributed by atoms with E-state index in [0.717, 1.165) is 0 Å². The predicted octanol–water partition coefficient (Wildman–Crippen LogP) is 2.81. The molecule has 0 spiro atoms. The van der Waals surface area contributed by atoms with E-state index in [0.29, 0.717) is 12.2 Å². The highest BCUT2D eigenvalue weighted by atomic mass is 19.1. The Labute approximate surface area is 121 Å². The van der Waals surface area contributed by atoms with Gasteiger partial charge in [0.1, 0.15) is 5.82 Å². The number of aromatic nitrogens is 1. The maximum atomic E-state index is 14.2. The fraction of sp³-hybridized carbons (Fsp3) is 0.375. The molecule has 0 saturated carbocycles. The molecule has 1 N–H and O–H groups in total. The van der Waals surface area contributed by atoms with Crippen molar-refractivity contribution >= 4 is 16.9 Å². The second-order valence-corrected chi connectivity index (χ2v) is 6.35. The molecule has 0 atom stereocenters. The zero-order valence-corrected chi connectivity index (χ0v) is 12.3. The zero-order valence-electron chi connectivity index (χ0n) is 12.3. The molecule has 0 bridgehead atoms. The van der Waals surface area contributed by atoms with Crippen molar-refractivity contribution < 1.29 is 14.3 Å². The van der Waals surface area contributed by atoms with Gasteiger partial charge < -0.3 is 9.67 Å². The van der Waals surface area contributed by atoms with Crippen molar-refractivity contribution in [1.82, 2.24) is 4.57 Å². The number of carboxylic acids is 1. The number of nitrogens with zero attached hydrogens (tertiary/aromatic N) is 1. The standard InChI is InChI=1S/C16H18FNO3/c1-16(2,3)9-18-10(8-14(20)21)7-13(19)11-5-4-6-12(17)15(11)18/h4-7H,8-9H2,1-3H3,(H,20,21). The third kappa shape index (κ3) is 3.29. The van der Waals surface area contributed by atoms with Gasteiger partial charge in [-0.2, -0.15) is 0 Å². The summed E-state index contributed by atoms with van der Waals surface area (Å²) in [5.74, 6) is -1.56. The summed E-state index contributed by atoms with van der Waals surface area (Å²) in [7, 11) is 0. The molecule has 1 aromatic heterocycles. The van der Waals surface area contributed by atoms with Crippen LogP contribution in [0.3, 0.4) is 0 Å². The smallest absolute Gasteiger partial charge is 0.309 e. The van der Waals surface area contributed by atoms with E-state index in [2.05, 4.69) is 0 Å². The number of carboxylic acid groups (broad SMARTS) is 1. The number of rotatable bonds is 3. The number of aliphatic carboxylic acids is 1. The van der Waals surface area contributed by atoms with E-state index in [1.165, 1.54) is 18.2 Å². The van der Waals surface area contributed by atoms with Crippen LogP contribution in [0.2, 0.25) is 0 Å². The fourth-order valence-corrected chi connectivity index (χ4v) is 2.40. The summed E-state index contributed by atoms with van der Waals surface area (Å²) in [4.78, 5) is 23.1. The van der Waals surface area contributed by atoms with Crippen LogP contribution in [0.5, 0.6) is 0 Å². The van der Waals surface area contributed by atoms with Gasteiger partial charge in [0.05, 0.1) is 11.9 Å². The maximum Gasteiger partial charge on any atom is 0.309 e. The van der Waals surface area contributed by atoms with Gasteiger partial charge in [-0.1, -0.05) is 26.8 Å². The first-order chi connectivity index (χ1) is 9.69. The second-order valence-electron chi connectivity index (χ2n) is 6.35. The highest BCUT2D eigenvalue weighted by molar-refractivity contribution is 5.81. The number of hydrogen-bond acceptors (Lipinski definition) is 2. The normalized spacial score (nSPS) is 11.8. The van der Waals surface area contributed by atoms with Crippen LogP contribution in [0, 0.1) is 11.2 Å². The van der Waals surface area contributed by atoms with Gasteiger partial charge in [0.2, 0.25) is 0 Å². The average molecular weight is 291 g/mol. The molecule has 0 radical (unpaired) electrons. The first-order valence-electron chi connectivity index (χ1n) is 6.72. The lowest BCUT2D eigenvalue weighted by Crippen LogP contribution is -2.24. The number of para-hydroxylation sites is 1. The van der Waals surface area contributed by atoms with Crippen LogP contribution in [0.15, 0.2) is 29.1 Å². The lowest BCUT2D eigenvalue weighted by Gasteiger charge is -2.24. The SMILES string of the molecule is CC(C)(C)Cn1c(CC(=O)O)cc(=O)c2cccc(F)c21. The Balaban J connectivity index is 2.83. The summed E-state index contributed by atoms with van der Waals surface area (Å²) in [6.07, 6.45) is -0.310. The Bertz CT molecular complexity index is 756. The molecule has 1 aromatic carbocycles. The third-order valence-corrected chi connectivity index (χ3v) is 3.13. The van der Waals surface area contributed by atoms with E-state index in [1.807, 2.05) is 20.8 Å². The van der Waals surface area contributed by atoms with E-state index in [-0.39, 0.29) is 28.2 Å². The highest BCUT2D eigenvalue weighted by Gasteiger charge is 2.19. The summed E-state index contributed by atoms with van der Waals surface area (Å²) < 4.78 is 15.8. The molecule has 0 unspecified atom stereocenters. The minimum Gasteiger partial charge on any atom is -0.481 e. The molecule has 0 amide bonds. The molecule has 5 heteroatoms. The lowest BCUT2D eigenvalue weighted by atomic mass is 9.96. The van der Waals surface area contributed by atoms with Crippen molar-refractivity contribution in [3.8, 4) is 0 Å². The molecule has 0 aliphatic rings. The number of benzene rings is 1. The van der Waals surface area contributed by atoms with Crippen LogP contribution in [0.4, 0.5) is 4.39 Å². The van der Waals surface area contributed by atoms with Crippen LogP contribution in [0.1, 0.15) is 26.5 Å². The van der Waals surface area contributed by atoms with E-state index in [1.54, 1.807) is 10.6 Å². The Morgan fingerprint density at radius 3 is 2.57 bits per heavy atom. The Morgan fingerprint density at radius 2 is 2.00 bits per heavy atom. The maximum absolute atomic E-state index is 14.2. The van der Waals surface area contributed by atoms with Crippen LogP contribution in [-0.2, 0) is 17.8 Å². The Morgan fingerprint density at radius 1 is 1.33 bits per heavy atom. The van der Waals surface area contributed by atoms with Crippen LogP contribution in [0.25, 0.3) is 10.9 Å². The van der Waals surface area contributed by atoms with Crippen molar-refractivity contribution in [2.75, 3.05) is 0 Å². The van der Waals surface area contributed by atoms with Gasteiger partial charge in [-0.3, -0.25) is 9.59 Å². The largest absolute Gasteiger partial charge is 0.481 e. The zero-order chi connectivity index (χ0) is 15.8. The molecule has 0 aliphatic heterocycles. The summed E-state index contributed by atoms with van der Waals surface area (Å²) >= 11 is 0. The summed E-state index contributed by atoms with van der Waals surface area (Å²) in [6, 6.07) is 5.62. The summed E-state index contributed by atoms with van der Waals surface area (Å²) in [5, 5.41) is 9.28. The molecule has 1 heterocycles. The molecule has 4 nitrogen and oxygen atoms in total. The number of fused-ring (bicyclic) bond motifs is 1. The minimum absolute atomic E-state index is 0.177. The molecule has 2 aromatic rings. The van der Waals surface area contributed by atoms with Gasteiger partial charge in [0.15, 0.2) is 5.43 Å². The Hall–Kier alpha value is -2.17. The van der Waals surface area contributed by atoms with Crippen LogP contribution >= 0.6 is 0 Å². The highest BCUT2D eigenvalue weighted by Crippen LogP contribution is 2.23. The molecule has 0 aliphatic carbocycles. The topological polar surface area (TPSA) is 59.3 Å². The molecule has 0 fully saturated rings. The molecule has 2 rings (SSSR count). The summed E-state index contributed by atoms with van der Waals surface area (Å²) in [5.41, 5.74) is -0.0422. The second kappa shape index (κ2) is 5.31. The molecular weight excluding hydrogens is 273 g/mol. The molecule has 21 heavy (non-hydrogen) atoms. The number of pyridine rings is 1. The number of halogens is 1. The summed E-state index contributed by atoms with van der Waals surface area (Å²) in [6.45, 7) is 6.35. The minimum atomic E-state index is -1.05. The Kier molecular flexibility index (Phi) is 3.85. The van der Waals surface area contributed by atoms with E-state index in [4.69, 9.17) is 5.11 Å². The van der Waals surface area contributed by atoms with Crippen molar-refractivity contribution in [3.05, 3.63) is 46.0 Å². The van der Waals surface area contributed by atoms with Crippen molar-refractivity contribution in [3.63, 3.8) is 0 Å². The number of carbonyl (C=O) groups is 1. The van der Waals surface area contributed by atoms with Crippen molar-refractivity contribution in [2.45, 2.75) is 33.7 Å². The van der Waals surface area contributed by atoms with Gasteiger partial charge in [0.25, 0.3) is 0 Å². The molecular formula is C16H18FNO3. The lowest BCUT2D eigenvalue weighted by molar-refractivity contribution is -0.136. The molecule has 112 valence electrons. The molecule has 0 saturated heterocycles. The van der Waals surface area contributed by atoms with E-state index in [9.17, 15) is 14.0 Å². The average Bonchev–Trinajstić information content (AvgIpc) is 2.32. The van der Waals surface area contributed by atoms with E-state index >= 15 is 0 Å². The van der Waals surface area contributed by atoms with Crippen LogP contribution in [-0.4, -0.2) is 15.6 Å². The first kappa shape index (κ1) is 15.2. The van der Waals surface area contributed by atoms with E-state index < -0.39 is 11.8 Å². The van der Waals surface area contributed by atoms with Gasteiger partial charge in [-0.15, -0.1) is 0 Å². The van der Waals surface area contributed by atoms with Gasteiger partial charge in [-0.25, -0.2) is 4.39 Å². The quantitative estimate of drug-likeness (QED) is 0.946. The first-order valence-corrected chi connectivity index (χ1v) is 6.72. The van der Waals surface area contributed by atoms with Crippen LogP contribution < -0.4 is 5.43 Å². The third-order valence-electron chi connectivity index (χ3n) is 3.13. The monoisotopic (exact) mass is 291 g/mol. The van der Waals surface area contributed by atoms with Crippen molar-refractivity contribution in [1.29, 1.82) is 0 Å². The van der Waals surface area contributed by atoms with Gasteiger partial charge in [0, 0.05) is 23.7 Å². The van der Waals surface area contributed by atoms with Gasteiger partial charge >= 0.3 is 5.97 Å². The fourth-order valence-electron chi connectivity index (χ4n) is 2.40.